The van der Waals surface area contributed by atoms with Gasteiger partial charge in [-0.3, -0.25) is 4.79 Å². The maximum atomic E-state index is 12.2. The first-order chi connectivity index (χ1) is 12.4. The summed E-state index contributed by atoms with van der Waals surface area (Å²) in [4.78, 5) is 32.4. The van der Waals surface area contributed by atoms with E-state index in [0.717, 1.165) is 11.4 Å². The van der Waals surface area contributed by atoms with Crippen molar-refractivity contribution in [2.45, 2.75) is 34.1 Å². The Morgan fingerprint density at radius 1 is 1.12 bits per heavy atom. The van der Waals surface area contributed by atoms with Crippen LogP contribution in [0.2, 0.25) is 0 Å². The lowest BCUT2D eigenvalue weighted by Crippen LogP contribution is -2.31. The number of urea groups is 1. The molecule has 0 saturated carbocycles. The molecule has 2 aromatic rings. The Morgan fingerprint density at radius 3 is 2.42 bits per heavy atom. The molecular weight excluding hydrogens is 332 g/mol. The Kier molecular flexibility index (Phi) is 6.66. The van der Waals surface area contributed by atoms with E-state index in [9.17, 15) is 9.59 Å². The Bertz CT molecular complexity index is 785. The van der Waals surface area contributed by atoms with E-state index in [-0.39, 0.29) is 11.8 Å². The van der Waals surface area contributed by atoms with Crippen LogP contribution in [0.5, 0.6) is 5.75 Å². The lowest BCUT2D eigenvalue weighted by atomic mass is 10.1. The number of nitrogens with one attached hydrogen (secondary N) is 2. The summed E-state index contributed by atoms with van der Waals surface area (Å²) < 4.78 is 5.50. The fourth-order valence-corrected chi connectivity index (χ4v) is 2.49. The number of carbonyl (C=O) groups excluding carboxylic acids is 2. The first-order valence-corrected chi connectivity index (χ1v) is 8.53. The number of carbonyl (C=O) groups is 2. The molecule has 7 nitrogen and oxygen atoms in total. The second-order valence-electron chi connectivity index (χ2n) is 5.90. The first-order valence-electron chi connectivity index (χ1n) is 8.53. The summed E-state index contributed by atoms with van der Waals surface area (Å²) in [5, 5.41) is 5.50. The lowest BCUT2D eigenvalue weighted by molar-refractivity contribution is 0.101. The molecule has 0 atom stereocenters. The number of anilines is 1. The number of hydrogen-bond donors (Lipinski definition) is 2. The average molecular weight is 356 g/mol. The Morgan fingerprint density at radius 2 is 1.81 bits per heavy atom. The van der Waals surface area contributed by atoms with Crippen LogP contribution in [0.1, 0.15) is 41.4 Å². The third kappa shape index (κ3) is 5.54. The topological polar surface area (TPSA) is 93.2 Å². The van der Waals surface area contributed by atoms with Gasteiger partial charge in [0.05, 0.1) is 12.3 Å². The number of aromatic nitrogens is 2. The van der Waals surface area contributed by atoms with Crippen molar-refractivity contribution in [3.8, 4) is 5.75 Å². The quantitative estimate of drug-likeness (QED) is 0.744. The van der Waals surface area contributed by atoms with Gasteiger partial charge in [0.1, 0.15) is 11.6 Å². The first kappa shape index (κ1) is 19.4. The molecule has 0 aliphatic rings. The van der Waals surface area contributed by atoms with Crippen LogP contribution in [0.15, 0.2) is 24.3 Å². The second-order valence-corrected chi connectivity index (χ2v) is 5.90. The molecule has 0 fully saturated rings. The maximum absolute atomic E-state index is 12.2. The predicted octanol–water partition coefficient (Wildman–Crippen LogP) is 3.06. The number of ketones is 1. The molecule has 0 unspecified atom stereocenters. The van der Waals surface area contributed by atoms with Gasteiger partial charge in [-0.25, -0.2) is 14.8 Å². The van der Waals surface area contributed by atoms with Crippen LogP contribution in [0.4, 0.5) is 10.5 Å². The third-order valence-electron chi connectivity index (χ3n) is 3.60. The van der Waals surface area contributed by atoms with Gasteiger partial charge in [-0.15, -0.1) is 0 Å². The van der Waals surface area contributed by atoms with Gasteiger partial charge in [0.15, 0.2) is 5.78 Å². The molecule has 0 aliphatic carbocycles. The van der Waals surface area contributed by atoms with Crippen LogP contribution >= 0.6 is 0 Å². The highest BCUT2D eigenvalue weighted by Crippen LogP contribution is 2.26. The molecule has 0 bridgehead atoms. The Balaban J connectivity index is 1.98. The number of ether oxygens (including phenoxy) is 1. The van der Waals surface area contributed by atoms with Crippen molar-refractivity contribution in [2.75, 3.05) is 18.5 Å². The van der Waals surface area contributed by atoms with Crippen molar-refractivity contribution >= 4 is 17.5 Å². The highest BCUT2D eigenvalue weighted by molar-refractivity contribution is 5.97. The van der Waals surface area contributed by atoms with Gasteiger partial charge in [0.2, 0.25) is 0 Å². The molecule has 0 saturated heterocycles. The number of amides is 2. The fraction of sp³-hybridized carbons (Fsp3) is 0.368. The molecule has 1 aromatic heterocycles. The standard InChI is InChI=1S/C19H24N4O3/c1-5-26-17-7-6-15(14(4)24)11-16(17)23-19(25)20-9-8-18-21-12(2)10-13(3)22-18/h6-7,10-11H,5,8-9H2,1-4H3,(H2,20,23,25). The van der Waals surface area contributed by atoms with E-state index in [1.807, 2.05) is 26.8 Å². The van der Waals surface area contributed by atoms with Crippen LogP contribution in [0, 0.1) is 13.8 Å². The summed E-state index contributed by atoms with van der Waals surface area (Å²) in [5.74, 6) is 1.13. The minimum atomic E-state index is -0.379. The van der Waals surface area contributed by atoms with Crippen molar-refractivity contribution < 1.29 is 14.3 Å². The monoisotopic (exact) mass is 356 g/mol. The van der Waals surface area contributed by atoms with Gasteiger partial charge < -0.3 is 15.4 Å². The molecule has 1 aromatic carbocycles. The zero-order valence-corrected chi connectivity index (χ0v) is 15.5. The largest absolute Gasteiger partial charge is 0.492 e. The van der Waals surface area contributed by atoms with Gasteiger partial charge in [0.25, 0.3) is 0 Å². The van der Waals surface area contributed by atoms with Gasteiger partial charge >= 0.3 is 6.03 Å². The van der Waals surface area contributed by atoms with Crippen LogP contribution in [-0.2, 0) is 6.42 Å². The minimum Gasteiger partial charge on any atom is -0.492 e. The van der Waals surface area contributed by atoms with E-state index in [1.54, 1.807) is 18.2 Å². The molecule has 26 heavy (non-hydrogen) atoms. The minimum absolute atomic E-state index is 0.0801. The van der Waals surface area contributed by atoms with Crippen LogP contribution in [0.3, 0.4) is 0 Å². The van der Waals surface area contributed by atoms with Crippen LogP contribution in [-0.4, -0.2) is 34.9 Å². The van der Waals surface area contributed by atoms with E-state index in [1.165, 1.54) is 6.92 Å². The third-order valence-corrected chi connectivity index (χ3v) is 3.60. The molecular formula is C19H24N4O3. The Hall–Kier alpha value is -2.96. The average Bonchev–Trinajstić information content (AvgIpc) is 2.55. The maximum Gasteiger partial charge on any atom is 0.319 e. The van der Waals surface area contributed by atoms with E-state index in [4.69, 9.17) is 4.74 Å². The zero-order valence-electron chi connectivity index (χ0n) is 15.5. The van der Waals surface area contributed by atoms with E-state index >= 15 is 0 Å². The Labute approximate surface area is 153 Å². The normalized spacial score (nSPS) is 10.3. The van der Waals surface area contributed by atoms with Crippen molar-refractivity contribution in [3.05, 3.63) is 47.0 Å². The van der Waals surface area contributed by atoms with Gasteiger partial charge in [-0.2, -0.15) is 0 Å². The highest BCUT2D eigenvalue weighted by atomic mass is 16.5. The molecule has 0 spiro atoms. The predicted molar refractivity (Wildman–Crippen MR) is 99.8 cm³/mol. The van der Waals surface area contributed by atoms with Gasteiger partial charge in [-0.1, -0.05) is 0 Å². The number of nitrogens with zero attached hydrogens (tertiary/aromatic N) is 2. The summed E-state index contributed by atoms with van der Waals surface area (Å²) in [6, 6.07) is 6.49. The molecule has 0 radical (unpaired) electrons. The van der Waals surface area contributed by atoms with E-state index < -0.39 is 0 Å². The molecule has 0 aliphatic heterocycles. The van der Waals surface area contributed by atoms with Gasteiger partial charge in [0, 0.05) is 29.9 Å². The van der Waals surface area contributed by atoms with Crippen LogP contribution < -0.4 is 15.4 Å². The lowest BCUT2D eigenvalue weighted by Gasteiger charge is -2.13. The summed E-state index contributed by atoms with van der Waals surface area (Å²) in [6.45, 7) is 8.01. The number of aryl methyl sites for hydroxylation is 2. The van der Waals surface area contributed by atoms with Crippen molar-refractivity contribution in [1.29, 1.82) is 0 Å². The van der Waals surface area contributed by atoms with Crippen LogP contribution in [0.25, 0.3) is 0 Å². The highest BCUT2D eigenvalue weighted by Gasteiger charge is 2.11. The van der Waals surface area contributed by atoms with Crippen molar-refractivity contribution in [3.63, 3.8) is 0 Å². The summed E-state index contributed by atoms with van der Waals surface area (Å²) in [7, 11) is 0. The second kappa shape index (κ2) is 8.94. The zero-order chi connectivity index (χ0) is 19.1. The fourth-order valence-electron chi connectivity index (χ4n) is 2.49. The number of rotatable bonds is 7. The summed E-state index contributed by atoms with van der Waals surface area (Å²) in [6.07, 6.45) is 0.530. The van der Waals surface area contributed by atoms with Crippen molar-refractivity contribution in [1.82, 2.24) is 15.3 Å². The molecule has 2 rings (SSSR count). The van der Waals surface area contributed by atoms with Crippen molar-refractivity contribution in [2.24, 2.45) is 0 Å². The molecule has 2 N–H and O–H groups in total. The molecule has 2 amide bonds. The van der Waals surface area contributed by atoms with E-state index in [2.05, 4.69) is 20.6 Å². The number of hydrogen-bond acceptors (Lipinski definition) is 5. The smallest absolute Gasteiger partial charge is 0.319 e. The number of Topliss-reactive ketones (excluding diaryl/α,β-unsaturated/α-hetero) is 1. The van der Waals surface area contributed by atoms with E-state index in [0.29, 0.717) is 42.4 Å². The molecule has 138 valence electrons. The SMILES string of the molecule is CCOc1ccc(C(C)=O)cc1NC(=O)NCCc1nc(C)cc(C)n1. The van der Waals surface area contributed by atoms with Gasteiger partial charge in [-0.05, 0) is 52.0 Å². The molecule has 7 heteroatoms. The molecule has 1 heterocycles. The summed E-state index contributed by atoms with van der Waals surface area (Å²) in [5.41, 5.74) is 2.77. The number of benzene rings is 1. The summed E-state index contributed by atoms with van der Waals surface area (Å²) >= 11 is 0.